The number of rotatable bonds is 2. The fourth-order valence-electron chi connectivity index (χ4n) is 2.76. The lowest BCUT2D eigenvalue weighted by molar-refractivity contribution is 0.225. The van der Waals surface area contributed by atoms with Gasteiger partial charge < -0.3 is 5.73 Å². The zero-order valence-corrected chi connectivity index (χ0v) is 10.2. The Kier molecular flexibility index (Phi) is 3.48. The highest BCUT2D eigenvalue weighted by atomic mass is 19.2. The lowest BCUT2D eigenvalue weighted by Gasteiger charge is -2.37. The molecule has 0 heterocycles. The standard InChI is InChI=1S/C14H19F2N/c1-2-10-6-8-14(17,9-7-10)11-4-3-5-12(15)13(11)16/h3-5,10H,2,6-9,17H2,1H3. The largest absolute Gasteiger partial charge is 0.321 e. The summed E-state index contributed by atoms with van der Waals surface area (Å²) >= 11 is 0. The molecular formula is C14H19F2N. The van der Waals surface area contributed by atoms with Crippen molar-refractivity contribution in [3.63, 3.8) is 0 Å². The van der Waals surface area contributed by atoms with Crippen LogP contribution >= 0.6 is 0 Å². The predicted octanol–water partition coefficient (Wildman–Crippen LogP) is 3.72. The monoisotopic (exact) mass is 239 g/mol. The van der Waals surface area contributed by atoms with Crippen molar-refractivity contribution in [2.45, 2.75) is 44.6 Å². The third-order valence-electron chi connectivity index (χ3n) is 4.06. The zero-order chi connectivity index (χ0) is 12.5. The second-order valence-electron chi connectivity index (χ2n) is 5.11. The first-order valence-corrected chi connectivity index (χ1v) is 6.30. The maximum Gasteiger partial charge on any atom is 0.163 e. The van der Waals surface area contributed by atoms with E-state index in [0.29, 0.717) is 11.5 Å². The molecule has 0 radical (unpaired) electrons. The molecule has 1 fully saturated rings. The first-order chi connectivity index (χ1) is 8.07. The van der Waals surface area contributed by atoms with Gasteiger partial charge >= 0.3 is 0 Å². The molecule has 0 bridgehead atoms. The Morgan fingerprint density at radius 1 is 1.29 bits per heavy atom. The quantitative estimate of drug-likeness (QED) is 0.836. The van der Waals surface area contributed by atoms with Gasteiger partial charge in [-0.3, -0.25) is 0 Å². The first-order valence-electron chi connectivity index (χ1n) is 6.30. The molecule has 1 aliphatic rings. The third-order valence-corrected chi connectivity index (χ3v) is 4.06. The molecule has 0 amide bonds. The van der Waals surface area contributed by atoms with Crippen LogP contribution in [0.15, 0.2) is 18.2 Å². The minimum Gasteiger partial charge on any atom is -0.321 e. The van der Waals surface area contributed by atoms with Crippen LogP contribution < -0.4 is 5.73 Å². The van der Waals surface area contributed by atoms with E-state index in [1.165, 1.54) is 6.07 Å². The van der Waals surface area contributed by atoms with Gasteiger partial charge in [0.25, 0.3) is 0 Å². The summed E-state index contributed by atoms with van der Waals surface area (Å²) in [4.78, 5) is 0. The summed E-state index contributed by atoms with van der Waals surface area (Å²) in [5, 5.41) is 0. The summed E-state index contributed by atoms with van der Waals surface area (Å²) < 4.78 is 27.0. The van der Waals surface area contributed by atoms with Crippen LogP contribution in [0.25, 0.3) is 0 Å². The number of benzene rings is 1. The SMILES string of the molecule is CCC1CCC(N)(c2cccc(F)c2F)CC1. The highest BCUT2D eigenvalue weighted by Crippen LogP contribution is 2.39. The van der Waals surface area contributed by atoms with Gasteiger partial charge in [0.2, 0.25) is 0 Å². The molecule has 1 aromatic carbocycles. The molecule has 1 aromatic rings. The van der Waals surface area contributed by atoms with E-state index in [1.807, 2.05) is 0 Å². The van der Waals surface area contributed by atoms with Crippen LogP contribution in [-0.4, -0.2) is 0 Å². The van der Waals surface area contributed by atoms with Gasteiger partial charge in [-0.2, -0.15) is 0 Å². The van der Waals surface area contributed by atoms with Crippen LogP contribution in [0.2, 0.25) is 0 Å². The molecule has 2 rings (SSSR count). The second kappa shape index (κ2) is 4.73. The van der Waals surface area contributed by atoms with Gasteiger partial charge in [-0.25, -0.2) is 8.78 Å². The van der Waals surface area contributed by atoms with Crippen molar-refractivity contribution in [1.82, 2.24) is 0 Å². The van der Waals surface area contributed by atoms with Gasteiger partial charge in [0.15, 0.2) is 11.6 Å². The van der Waals surface area contributed by atoms with E-state index in [0.717, 1.165) is 38.2 Å². The molecule has 1 saturated carbocycles. The Labute approximate surface area is 101 Å². The van der Waals surface area contributed by atoms with Crippen molar-refractivity contribution in [3.8, 4) is 0 Å². The summed E-state index contributed by atoms with van der Waals surface area (Å²) in [5.41, 5.74) is 5.92. The Morgan fingerprint density at radius 3 is 2.53 bits per heavy atom. The van der Waals surface area contributed by atoms with Gasteiger partial charge in [0, 0.05) is 11.1 Å². The molecule has 3 heteroatoms. The summed E-state index contributed by atoms with van der Waals surface area (Å²) in [6, 6.07) is 4.29. The number of hydrogen-bond donors (Lipinski definition) is 1. The highest BCUT2D eigenvalue weighted by molar-refractivity contribution is 5.27. The van der Waals surface area contributed by atoms with Crippen molar-refractivity contribution in [1.29, 1.82) is 0 Å². The average Bonchev–Trinajstić information content (AvgIpc) is 2.33. The predicted molar refractivity (Wildman–Crippen MR) is 64.5 cm³/mol. The number of nitrogens with two attached hydrogens (primary N) is 1. The van der Waals surface area contributed by atoms with Gasteiger partial charge in [-0.1, -0.05) is 25.5 Å². The summed E-state index contributed by atoms with van der Waals surface area (Å²) in [6.07, 6.45) is 4.63. The maximum absolute atomic E-state index is 13.8. The molecule has 0 aromatic heterocycles. The molecule has 0 unspecified atom stereocenters. The van der Waals surface area contributed by atoms with E-state index in [2.05, 4.69) is 6.92 Å². The highest BCUT2D eigenvalue weighted by Gasteiger charge is 2.35. The van der Waals surface area contributed by atoms with Crippen LogP contribution in [0, 0.1) is 17.6 Å². The van der Waals surface area contributed by atoms with Crippen molar-refractivity contribution in [2.24, 2.45) is 11.7 Å². The average molecular weight is 239 g/mol. The molecule has 0 aliphatic heterocycles. The molecule has 1 nitrogen and oxygen atoms in total. The minimum atomic E-state index is -0.801. The van der Waals surface area contributed by atoms with Crippen LogP contribution in [0.5, 0.6) is 0 Å². The van der Waals surface area contributed by atoms with E-state index in [-0.39, 0.29) is 0 Å². The summed E-state index contributed by atoms with van der Waals surface area (Å²) in [7, 11) is 0. The van der Waals surface area contributed by atoms with Crippen LogP contribution in [0.4, 0.5) is 8.78 Å². The van der Waals surface area contributed by atoms with Gasteiger partial charge in [-0.05, 0) is 37.7 Å². The zero-order valence-electron chi connectivity index (χ0n) is 10.2. The lowest BCUT2D eigenvalue weighted by atomic mass is 9.72. The van der Waals surface area contributed by atoms with Crippen LogP contribution in [-0.2, 0) is 5.54 Å². The van der Waals surface area contributed by atoms with Crippen molar-refractivity contribution in [2.75, 3.05) is 0 Å². The maximum atomic E-state index is 13.8. The van der Waals surface area contributed by atoms with E-state index >= 15 is 0 Å². The smallest absolute Gasteiger partial charge is 0.163 e. The molecule has 1 aliphatic carbocycles. The normalized spacial score (nSPS) is 29.3. The Balaban J connectivity index is 2.24. The van der Waals surface area contributed by atoms with Crippen molar-refractivity contribution in [3.05, 3.63) is 35.4 Å². The summed E-state index contributed by atoms with van der Waals surface area (Å²) in [6.45, 7) is 2.16. The third kappa shape index (κ3) is 2.34. The molecule has 17 heavy (non-hydrogen) atoms. The van der Waals surface area contributed by atoms with Crippen molar-refractivity contribution >= 4 is 0 Å². The number of hydrogen-bond acceptors (Lipinski definition) is 1. The van der Waals surface area contributed by atoms with Gasteiger partial charge in [-0.15, -0.1) is 0 Å². The molecule has 0 atom stereocenters. The summed E-state index contributed by atoms with van der Waals surface area (Å²) in [5.74, 6) is -0.891. The fraction of sp³-hybridized carbons (Fsp3) is 0.571. The van der Waals surface area contributed by atoms with Crippen LogP contribution in [0.1, 0.15) is 44.6 Å². The first kappa shape index (κ1) is 12.5. The molecule has 94 valence electrons. The molecule has 2 N–H and O–H groups in total. The molecule has 0 spiro atoms. The molecule has 0 saturated heterocycles. The van der Waals surface area contributed by atoms with E-state index in [1.54, 1.807) is 6.07 Å². The van der Waals surface area contributed by atoms with Gasteiger partial charge in [0.05, 0.1) is 0 Å². The van der Waals surface area contributed by atoms with E-state index in [4.69, 9.17) is 5.73 Å². The number of halogens is 2. The Morgan fingerprint density at radius 2 is 1.94 bits per heavy atom. The van der Waals surface area contributed by atoms with E-state index < -0.39 is 17.2 Å². The van der Waals surface area contributed by atoms with E-state index in [9.17, 15) is 8.78 Å². The fourth-order valence-corrected chi connectivity index (χ4v) is 2.76. The molecular weight excluding hydrogens is 220 g/mol. The van der Waals surface area contributed by atoms with Crippen LogP contribution in [0.3, 0.4) is 0 Å². The van der Waals surface area contributed by atoms with Crippen molar-refractivity contribution < 1.29 is 8.78 Å². The lowest BCUT2D eigenvalue weighted by Crippen LogP contribution is -2.41. The Hall–Kier alpha value is -0.960. The topological polar surface area (TPSA) is 26.0 Å². The second-order valence-corrected chi connectivity index (χ2v) is 5.11. The van der Waals surface area contributed by atoms with Gasteiger partial charge in [0.1, 0.15) is 0 Å². The Bertz CT molecular complexity index is 395. The minimum absolute atomic E-state index is 0.340.